The molecule has 2 aliphatic heterocycles. The molecule has 1 aliphatic carbocycles. The lowest BCUT2D eigenvalue weighted by Gasteiger charge is -2.41. The van der Waals surface area contributed by atoms with E-state index < -0.39 is 29.4 Å². The third kappa shape index (κ3) is 4.66. The van der Waals surface area contributed by atoms with Gasteiger partial charge in [0.15, 0.2) is 0 Å². The van der Waals surface area contributed by atoms with Gasteiger partial charge in [-0.3, -0.25) is 9.59 Å². The maximum Gasteiger partial charge on any atom is 0.408 e. The highest BCUT2D eigenvalue weighted by Gasteiger charge is 2.49. The summed E-state index contributed by atoms with van der Waals surface area (Å²) in [4.78, 5) is 60.7. The fourth-order valence-electron chi connectivity index (χ4n) is 6.42. The number of anilines is 1. The van der Waals surface area contributed by atoms with Crippen LogP contribution in [-0.4, -0.2) is 54.2 Å². The molecule has 4 aromatic carbocycles. The first-order valence-electron chi connectivity index (χ1n) is 14.6. The van der Waals surface area contributed by atoms with E-state index >= 15 is 0 Å². The van der Waals surface area contributed by atoms with Gasteiger partial charge in [-0.1, -0.05) is 83.9 Å². The molecule has 1 N–H and O–H groups in total. The molecule has 0 spiro atoms. The molecule has 0 unspecified atom stereocenters. The van der Waals surface area contributed by atoms with Crippen molar-refractivity contribution in [2.75, 3.05) is 24.6 Å². The van der Waals surface area contributed by atoms with Crippen molar-refractivity contribution in [1.29, 1.82) is 0 Å². The van der Waals surface area contributed by atoms with E-state index in [0.717, 1.165) is 27.9 Å². The number of hydrogen-bond acceptors (Lipinski definition) is 7. The molecular weight excluding hydrogens is 558 g/mol. The monoisotopic (exact) mass is 587 g/mol. The van der Waals surface area contributed by atoms with E-state index in [1.54, 1.807) is 12.1 Å². The number of carbonyl (C=O) groups excluding carboxylic acids is 4. The van der Waals surface area contributed by atoms with E-state index in [-0.39, 0.29) is 36.5 Å². The molecule has 3 aliphatic rings. The van der Waals surface area contributed by atoms with Crippen molar-refractivity contribution in [3.8, 4) is 11.1 Å². The number of ether oxygens (including phenoxy) is 1. The Morgan fingerprint density at radius 1 is 0.705 bits per heavy atom. The Hall–Kier alpha value is -5.44. The minimum absolute atomic E-state index is 0.0690. The zero-order chi connectivity index (χ0) is 30.3. The second kappa shape index (κ2) is 11.0. The predicted molar refractivity (Wildman–Crippen MR) is 162 cm³/mol. The molecule has 9 nitrogen and oxygen atoms in total. The number of hydroxylamine groups is 2. The van der Waals surface area contributed by atoms with Crippen LogP contribution < -0.4 is 10.2 Å². The first-order chi connectivity index (χ1) is 21.4. The summed E-state index contributed by atoms with van der Waals surface area (Å²) in [5.41, 5.74) is 4.11. The summed E-state index contributed by atoms with van der Waals surface area (Å²) in [5.74, 6) is -2.50. The van der Waals surface area contributed by atoms with Crippen LogP contribution in [0.5, 0.6) is 0 Å². The number of fused-ring (bicyclic) bond motifs is 4. The summed E-state index contributed by atoms with van der Waals surface area (Å²) < 4.78 is 5.77. The second-order valence-electron chi connectivity index (χ2n) is 11.2. The fraction of sp³-hybridized carbons (Fsp3) is 0.200. The van der Waals surface area contributed by atoms with E-state index in [9.17, 15) is 19.2 Å². The van der Waals surface area contributed by atoms with E-state index in [2.05, 4.69) is 22.3 Å². The highest BCUT2D eigenvalue weighted by atomic mass is 16.7. The molecule has 44 heavy (non-hydrogen) atoms. The van der Waals surface area contributed by atoms with Gasteiger partial charge in [-0.05, 0) is 59.4 Å². The third-order valence-electron chi connectivity index (χ3n) is 8.75. The fourth-order valence-corrected chi connectivity index (χ4v) is 6.42. The average molecular weight is 588 g/mol. The standard InChI is InChI=1S/C35H29N3O6/c39-31-28-16-8-9-17-29(28)32(40)38(31)44-33(41)35(18-20-37(21-19-35)23-10-2-1-3-11-23)36-34(42)43-22-30-26-14-6-4-12-24(26)25-13-5-7-15-27(25)30/h1-17,30H,18-22H2,(H,36,42). The molecule has 0 radical (unpaired) electrons. The van der Waals surface area contributed by atoms with E-state index in [0.29, 0.717) is 18.2 Å². The Morgan fingerprint density at radius 2 is 1.20 bits per heavy atom. The van der Waals surface area contributed by atoms with E-state index in [1.807, 2.05) is 66.7 Å². The van der Waals surface area contributed by atoms with Crippen LogP contribution in [0.4, 0.5) is 10.5 Å². The maximum atomic E-state index is 13.8. The van der Waals surface area contributed by atoms with Crippen LogP contribution in [0.1, 0.15) is 50.6 Å². The normalized spacial score (nSPS) is 16.6. The van der Waals surface area contributed by atoms with Crippen LogP contribution in [-0.2, 0) is 14.4 Å². The lowest BCUT2D eigenvalue weighted by atomic mass is 9.87. The maximum absolute atomic E-state index is 13.8. The molecule has 1 saturated heterocycles. The minimum atomic E-state index is -1.52. The van der Waals surface area contributed by atoms with Crippen molar-refractivity contribution >= 4 is 29.6 Å². The van der Waals surface area contributed by atoms with Gasteiger partial charge in [0, 0.05) is 24.7 Å². The van der Waals surface area contributed by atoms with Gasteiger partial charge in [0.2, 0.25) is 0 Å². The number of rotatable bonds is 6. The van der Waals surface area contributed by atoms with Crippen molar-refractivity contribution in [1.82, 2.24) is 10.4 Å². The zero-order valence-corrected chi connectivity index (χ0v) is 23.8. The van der Waals surface area contributed by atoms with Crippen LogP contribution in [0.15, 0.2) is 103 Å². The van der Waals surface area contributed by atoms with Crippen molar-refractivity contribution in [3.05, 3.63) is 125 Å². The summed E-state index contributed by atoms with van der Waals surface area (Å²) in [6.45, 7) is 0.912. The van der Waals surface area contributed by atoms with Crippen molar-refractivity contribution in [3.63, 3.8) is 0 Å². The van der Waals surface area contributed by atoms with Crippen LogP contribution in [0.3, 0.4) is 0 Å². The molecular formula is C35H29N3O6. The number of para-hydroxylation sites is 1. The Kier molecular flexibility index (Phi) is 6.85. The summed E-state index contributed by atoms with van der Waals surface area (Å²) in [6.07, 6.45) is -0.429. The minimum Gasteiger partial charge on any atom is -0.449 e. The van der Waals surface area contributed by atoms with Gasteiger partial charge in [0.1, 0.15) is 12.1 Å². The molecule has 220 valence electrons. The number of alkyl carbamates (subject to hydrolysis) is 1. The molecule has 2 heterocycles. The molecule has 4 aromatic rings. The third-order valence-corrected chi connectivity index (χ3v) is 8.75. The number of piperidine rings is 1. The van der Waals surface area contributed by atoms with Gasteiger partial charge in [0.25, 0.3) is 11.8 Å². The van der Waals surface area contributed by atoms with Gasteiger partial charge < -0.3 is 19.8 Å². The van der Waals surface area contributed by atoms with Gasteiger partial charge in [0.05, 0.1) is 11.1 Å². The van der Waals surface area contributed by atoms with Crippen LogP contribution in [0.2, 0.25) is 0 Å². The quantitative estimate of drug-likeness (QED) is 0.305. The summed E-state index contributed by atoms with van der Waals surface area (Å²) in [6, 6.07) is 32.1. The average Bonchev–Trinajstić information content (AvgIpc) is 3.51. The number of nitrogens with zero attached hydrogens (tertiary/aromatic N) is 2. The number of carbonyl (C=O) groups is 4. The number of imide groups is 1. The van der Waals surface area contributed by atoms with Crippen molar-refractivity contribution < 1.29 is 28.8 Å². The van der Waals surface area contributed by atoms with E-state index in [4.69, 9.17) is 9.57 Å². The topological polar surface area (TPSA) is 105 Å². The van der Waals surface area contributed by atoms with Crippen molar-refractivity contribution in [2.45, 2.75) is 24.3 Å². The van der Waals surface area contributed by atoms with Gasteiger partial charge in [-0.15, -0.1) is 0 Å². The second-order valence-corrected chi connectivity index (χ2v) is 11.2. The van der Waals surface area contributed by atoms with Gasteiger partial charge in [-0.25, -0.2) is 9.59 Å². The molecule has 9 heteroatoms. The number of nitrogens with one attached hydrogen (secondary N) is 1. The summed E-state index contributed by atoms with van der Waals surface area (Å²) in [7, 11) is 0. The predicted octanol–water partition coefficient (Wildman–Crippen LogP) is 5.32. The SMILES string of the molecule is O=C(NC1(C(=O)ON2C(=O)c3ccccc3C2=O)CCN(c2ccccc2)CC1)OCC1c2ccccc2-c2ccccc21. The van der Waals surface area contributed by atoms with Crippen LogP contribution in [0.25, 0.3) is 11.1 Å². The Bertz CT molecular complexity index is 1700. The number of benzene rings is 4. The molecule has 1 fully saturated rings. The van der Waals surface area contributed by atoms with Crippen LogP contribution in [0, 0.1) is 0 Å². The highest BCUT2D eigenvalue weighted by molar-refractivity contribution is 6.21. The molecule has 0 saturated carbocycles. The number of hydrogen-bond donors (Lipinski definition) is 1. The van der Waals surface area contributed by atoms with Crippen molar-refractivity contribution in [2.24, 2.45) is 0 Å². The molecule has 0 aromatic heterocycles. The smallest absolute Gasteiger partial charge is 0.408 e. The zero-order valence-electron chi connectivity index (χ0n) is 23.8. The van der Waals surface area contributed by atoms with Gasteiger partial charge in [-0.2, -0.15) is 0 Å². The number of amides is 3. The Morgan fingerprint density at radius 3 is 1.77 bits per heavy atom. The van der Waals surface area contributed by atoms with Crippen LogP contribution >= 0.6 is 0 Å². The van der Waals surface area contributed by atoms with Gasteiger partial charge >= 0.3 is 12.1 Å². The first kappa shape index (κ1) is 27.4. The Balaban J connectivity index is 1.10. The molecule has 7 rings (SSSR count). The first-order valence-corrected chi connectivity index (χ1v) is 14.6. The lowest BCUT2D eigenvalue weighted by Crippen LogP contribution is -2.62. The summed E-state index contributed by atoms with van der Waals surface area (Å²) >= 11 is 0. The highest BCUT2D eigenvalue weighted by Crippen LogP contribution is 2.44. The summed E-state index contributed by atoms with van der Waals surface area (Å²) in [5, 5.41) is 3.27. The molecule has 3 amide bonds. The molecule has 0 bridgehead atoms. The lowest BCUT2D eigenvalue weighted by molar-refractivity contribution is -0.177. The molecule has 0 atom stereocenters. The largest absolute Gasteiger partial charge is 0.449 e. The Labute approximate surface area is 253 Å². The van der Waals surface area contributed by atoms with E-state index in [1.165, 1.54) is 12.1 Å².